The lowest BCUT2D eigenvalue weighted by Gasteiger charge is -2.30. The summed E-state index contributed by atoms with van der Waals surface area (Å²) in [5, 5.41) is 9.91. The molecule has 1 fully saturated rings. The van der Waals surface area contributed by atoms with Crippen molar-refractivity contribution in [2.45, 2.75) is 12.8 Å². The van der Waals surface area contributed by atoms with Gasteiger partial charge in [0, 0.05) is 29.6 Å². The molecule has 1 aliphatic heterocycles. The first-order chi connectivity index (χ1) is 15.0. The van der Waals surface area contributed by atoms with Crippen LogP contribution in [0.5, 0.6) is 0 Å². The predicted molar refractivity (Wildman–Crippen MR) is 111 cm³/mol. The normalized spacial score (nSPS) is 14.1. The summed E-state index contributed by atoms with van der Waals surface area (Å²) in [5.74, 6) is 0.0721. The summed E-state index contributed by atoms with van der Waals surface area (Å²) in [6, 6.07) is 11.8. The van der Waals surface area contributed by atoms with Crippen LogP contribution in [0.4, 0.5) is 5.88 Å². The average Bonchev–Trinajstić information content (AvgIpc) is 3.47. The van der Waals surface area contributed by atoms with Crippen LogP contribution in [0.1, 0.15) is 28.9 Å². The Morgan fingerprint density at radius 2 is 1.90 bits per heavy atom. The van der Waals surface area contributed by atoms with Gasteiger partial charge < -0.3 is 13.7 Å². The van der Waals surface area contributed by atoms with E-state index < -0.39 is 5.91 Å². The Bertz CT molecular complexity index is 1110. The number of carbonyl (C=O) groups excluding carboxylic acids is 2. The molecule has 4 rings (SSSR count). The second kappa shape index (κ2) is 8.93. The molecule has 0 bridgehead atoms. The van der Waals surface area contributed by atoms with E-state index in [1.165, 1.54) is 6.26 Å². The zero-order valence-corrected chi connectivity index (χ0v) is 17.1. The number of carbonyl (C=O) groups is 2. The lowest BCUT2D eigenvalue weighted by molar-refractivity contribution is -0.126. The number of amides is 2. The van der Waals surface area contributed by atoms with Gasteiger partial charge in [-0.25, -0.2) is 0 Å². The Hall–Kier alpha value is -3.77. The summed E-state index contributed by atoms with van der Waals surface area (Å²) in [7, 11) is 0. The molecule has 2 N–H and O–H groups in total. The molecule has 3 heterocycles. The second-order valence-corrected chi connectivity index (χ2v) is 7.41. The van der Waals surface area contributed by atoms with Gasteiger partial charge in [0.15, 0.2) is 5.76 Å². The fraction of sp³-hybridized carbons (Fsp3) is 0.238. The van der Waals surface area contributed by atoms with Crippen LogP contribution in [0.25, 0.3) is 11.7 Å². The Morgan fingerprint density at radius 3 is 2.55 bits per heavy atom. The van der Waals surface area contributed by atoms with Crippen molar-refractivity contribution in [2.24, 2.45) is 5.92 Å². The van der Waals surface area contributed by atoms with E-state index in [2.05, 4.69) is 15.8 Å². The van der Waals surface area contributed by atoms with E-state index in [1.807, 2.05) is 11.0 Å². The fourth-order valence-electron chi connectivity index (χ4n) is 3.34. The van der Waals surface area contributed by atoms with E-state index in [9.17, 15) is 14.9 Å². The van der Waals surface area contributed by atoms with Crippen molar-refractivity contribution in [2.75, 3.05) is 18.0 Å². The van der Waals surface area contributed by atoms with Gasteiger partial charge in [0.2, 0.25) is 17.5 Å². The number of halogens is 1. The zero-order chi connectivity index (χ0) is 21.8. The number of benzene rings is 1. The van der Waals surface area contributed by atoms with Crippen LogP contribution in [0, 0.1) is 17.2 Å². The molecule has 10 heteroatoms. The van der Waals surface area contributed by atoms with Crippen LogP contribution in [-0.2, 0) is 4.79 Å². The molecule has 0 unspecified atom stereocenters. The Kier molecular flexibility index (Phi) is 5.91. The third-order valence-electron chi connectivity index (χ3n) is 5.01. The van der Waals surface area contributed by atoms with Gasteiger partial charge in [0.25, 0.3) is 11.8 Å². The molecule has 2 aromatic heterocycles. The molecule has 1 aromatic carbocycles. The number of rotatable bonds is 4. The quantitative estimate of drug-likeness (QED) is 0.598. The van der Waals surface area contributed by atoms with Crippen molar-refractivity contribution >= 4 is 29.3 Å². The van der Waals surface area contributed by atoms with Crippen LogP contribution < -0.4 is 15.8 Å². The van der Waals surface area contributed by atoms with Crippen molar-refractivity contribution in [1.29, 1.82) is 5.26 Å². The molecule has 3 aromatic rings. The maximum absolute atomic E-state index is 12.4. The fourth-order valence-corrected chi connectivity index (χ4v) is 3.47. The highest BCUT2D eigenvalue weighted by Crippen LogP contribution is 2.31. The van der Waals surface area contributed by atoms with E-state index in [0.717, 1.165) is 0 Å². The predicted octanol–water partition coefficient (Wildman–Crippen LogP) is 3.14. The van der Waals surface area contributed by atoms with Gasteiger partial charge in [-0.1, -0.05) is 11.6 Å². The van der Waals surface area contributed by atoms with Crippen LogP contribution in [-0.4, -0.2) is 29.9 Å². The van der Waals surface area contributed by atoms with Gasteiger partial charge in [-0.2, -0.15) is 10.2 Å². The Morgan fingerprint density at radius 1 is 1.16 bits per heavy atom. The summed E-state index contributed by atoms with van der Waals surface area (Å²) in [4.78, 5) is 30.6. The summed E-state index contributed by atoms with van der Waals surface area (Å²) >= 11 is 5.81. The van der Waals surface area contributed by atoms with Crippen LogP contribution in [0.2, 0.25) is 5.02 Å². The van der Waals surface area contributed by atoms with Crippen molar-refractivity contribution in [1.82, 2.24) is 15.8 Å². The minimum Gasteiger partial charge on any atom is -0.459 e. The van der Waals surface area contributed by atoms with Gasteiger partial charge in [0.1, 0.15) is 6.07 Å². The van der Waals surface area contributed by atoms with E-state index >= 15 is 0 Å². The molecular weight excluding hydrogens is 422 g/mol. The number of nitriles is 1. The van der Waals surface area contributed by atoms with E-state index in [1.54, 1.807) is 36.4 Å². The van der Waals surface area contributed by atoms with E-state index in [0.29, 0.717) is 48.2 Å². The maximum Gasteiger partial charge on any atom is 0.269 e. The average molecular weight is 440 g/mol. The number of oxazole rings is 1. The number of furan rings is 1. The third-order valence-corrected chi connectivity index (χ3v) is 5.26. The molecule has 0 saturated carbocycles. The molecule has 2 amide bonds. The monoisotopic (exact) mass is 439 g/mol. The van der Waals surface area contributed by atoms with E-state index in [4.69, 9.17) is 20.4 Å². The Balaban J connectivity index is 1.32. The van der Waals surface area contributed by atoms with Crippen LogP contribution in [0.3, 0.4) is 0 Å². The molecule has 0 aliphatic carbocycles. The molecule has 1 saturated heterocycles. The van der Waals surface area contributed by atoms with Gasteiger partial charge in [-0.05, 0) is 49.2 Å². The Labute approximate surface area is 182 Å². The lowest BCUT2D eigenvalue weighted by Crippen LogP contribution is -2.47. The van der Waals surface area contributed by atoms with Crippen molar-refractivity contribution in [3.05, 3.63) is 58.9 Å². The highest BCUT2D eigenvalue weighted by atomic mass is 35.5. The summed E-state index contributed by atoms with van der Waals surface area (Å²) in [6.07, 6.45) is 2.57. The number of aromatic nitrogens is 1. The summed E-state index contributed by atoms with van der Waals surface area (Å²) in [6.45, 7) is 1.01. The van der Waals surface area contributed by atoms with E-state index in [-0.39, 0.29) is 23.4 Å². The van der Waals surface area contributed by atoms with Gasteiger partial charge in [-0.3, -0.25) is 20.4 Å². The van der Waals surface area contributed by atoms with Gasteiger partial charge in [0.05, 0.1) is 6.26 Å². The summed E-state index contributed by atoms with van der Waals surface area (Å²) < 4.78 is 11.0. The number of nitrogens with one attached hydrogen (secondary N) is 2. The van der Waals surface area contributed by atoms with Gasteiger partial charge >= 0.3 is 0 Å². The largest absolute Gasteiger partial charge is 0.459 e. The number of piperidine rings is 1. The molecule has 31 heavy (non-hydrogen) atoms. The van der Waals surface area contributed by atoms with Gasteiger partial charge in [-0.15, -0.1) is 0 Å². The first kappa shape index (κ1) is 20.5. The van der Waals surface area contributed by atoms with Crippen LogP contribution >= 0.6 is 11.6 Å². The lowest BCUT2D eigenvalue weighted by atomic mass is 9.96. The molecule has 1 aliphatic rings. The number of hydrogen-bond donors (Lipinski definition) is 2. The number of hydrogen-bond acceptors (Lipinski definition) is 7. The smallest absolute Gasteiger partial charge is 0.269 e. The third kappa shape index (κ3) is 4.54. The number of anilines is 1. The van der Waals surface area contributed by atoms with Crippen molar-refractivity contribution in [3.63, 3.8) is 0 Å². The minimum absolute atomic E-state index is 0.171. The SMILES string of the molecule is N#Cc1nc(-c2ccco2)oc1N1CCC(C(=O)NNC(=O)c2ccc(Cl)cc2)CC1. The highest BCUT2D eigenvalue weighted by Gasteiger charge is 2.29. The minimum atomic E-state index is -0.423. The van der Waals surface area contributed by atoms with Crippen molar-refractivity contribution < 1.29 is 18.4 Å². The molecule has 0 atom stereocenters. The molecule has 158 valence electrons. The maximum atomic E-state index is 12.4. The molecular formula is C21H18ClN5O4. The second-order valence-electron chi connectivity index (χ2n) is 6.97. The summed E-state index contributed by atoms with van der Waals surface area (Å²) in [5.41, 5.74) is 5.45. The molecule has 0 spiro atoms. The topological polar surface area (TPSA) is 124 Å². The first-order valence-corrected chi connectivity index (χ1v) is 9.98. The molecule has 0 radical (unpaired) electrons. The number of hydrazine groups is 1. The standard InChI is InChI=1S/C21H18ClN5O4/c22-15-5-3-13(4-6-15)18(28)25-26-19(29)14-7-9-27(10-8-14)21-16(12-23)24-20(31-21)17-2-1-11-30-17/h1-6,11,14H,7-10H2,(H,25,28)(H,26,29). The number of nitrogens with zero attached hydrogens (tertiary/aromatic N) is 3. The first-order valence-electron chi connectivity index (χ1n) is 9.60. The van der Waals surface area contributed by atoms with Crippen LogP contribution in [0.15, 0.2) is 51.5 Å². The zero-order valence-electron chi connectivity index (χ0n) is 16.3. The molecule has 9 nitrogen and oxygen atoms in total. The van der Waals surface area contributed by atoms with Crippen molar-refractivity contribution in [3.8, 4) is 17.7 Å². The highest BCUT2D eigenvalue weighted by molar-refractivity contribution is 6.30.